The summed E-state index contributed by atoms with van der Waals surface area (Å²) in [6.45, 7) is 5.76. The first-order valence-corrected chi connectivity index (χ1v) is 11.8. The fourth-order valence-electron chi connectivity index (χ4n) is 3.80. The number of piperidine rings is 1. The van der Waals surface area contributed by atoms with Gasteiger partial charge < -0.3 is 14.2 Å². The summed E-state index contributed by atoms with van der Waals surface area (Å²) in [5.41, 5.74) is 1.24. The molecule has 0 spiro atoms. The number of carbonyl (C=O) groups is 1. The topological polar surface area (TPSA) is 94.2 Å². The van der Waals surface area contributed by atoms with Crippen molar-refractivity contribution in [3.05, 3.63) is 40.1 Å². The molecular weight excluding hydrogens is 434 g/mol. The van der Waals surface area contributed by atoms with Crippen LogP contribution in [0.5, 0.6) is 0 Å². The summed E-state index contributed by atoms with van der Waals surface area (Å²) in [5, 5.41) is 6.97. The molecule has 0 radical (unpaired) electrons. The first kappa shape index (κ1) is 20.1. The van der Waals surface area contributed by atoms with E-state index in [0.717, 1.165) is 46.8 Å². The minimum atomic E-state index is -0.211. The van der Waals surface area contributed by atoms with Crippen LogP contribution in [0.4, 0.5) is 5.82 Å². The quantitative estimate of drug-likeness (QED) is 0.409. The Balaban J connectivity index is 1.19. The van der Waals surface area contributed by atoms with E-state index in [-0.39, 0.29) is 18.5 Å². The van der Waals surface area contributed by atoms with E-state index in [0.29, 0.717) is 11.7 Å². The van der Waals surface area contributed by atoms with E-state index in [1.807, 2.05) is 17.5 Å². The van der Waals surface area contributed by atoms with Gasteiger partial charge in [-0.3, -0.25) is 4.79 Å². The van der Waals surface area contributed by atoms with Crippen LogP contribution in [0, 0.1) is 19.8 Å². The van der Waals surface area contributed by atoms with Crippen LogP contribution < -0.4 is 4.90 Å². The molecule has 31 heavy (non-hydrogen) atoms. The van der Waals surface area contributed by atoms with Crippen molar-refractivity contribution in [1.29, 1.82) is 0 Å². The van der Waals surface area contributed by atoms with E-state index in [1.165, 1.54) is 21.8 Å². The van der Waals surface area contributed by atoms with Gasteiger partial charge in [-0.25, -0.2) is 9.97 Å². The molecule has 5 heterocycles. The molecule has 0 atom stereocenters. The van der Waals surface area contributed by atoms with Crippen molar-refractivity contribution in [2.45, 2.75) is 33.3 Å². The SMILES string of the molecule is Cc1sc2ncnc(N3CCC(C(=O)OCc4noc(-c5cccs5)n4)CC3)c2c1C. The predicted molar refractivity (Wildman–Crippen MR) is 119 cm³/mol. The van der Waals surface area contributed by atoms with Crippen molar-refractivity contribution in [2.24, 2.45) is 5.92 Å². The summed E-state index contributed by atoms with van der Waals surface area (Å²) in [7, 11) is 0. The van der Waals surface area contributed by atoms with Crippen molar-refractivity contribution in [2.75, 3.05) is 18.0 Å². The second kappa shape index (κ2) is 8.35. The lowest BCUT2D eigenvalue weighted by Gasteiger charge is -2.32. The van der Waals surface area contributed by atoms with E-state index in [1.54, 1.807) is 17.7 Å². The maximum Gasteiger partial charge on any atom is 0.309 e. The number of hydrogen-bond donors (Lipinski definition) is 0. The minimum absolute atomic E-state index is 0.0217. The van der Waals surface area contributed by atoms with E-state index in [2.05, 4.69) is 38.9 Å². The number of aromatic nitrogens is 4. The maximum absolute atomic E-state index is 12.6. The van der Waals surface area contributed by atoms with E-state index >= 15 is 0 Å². The van der Waals surface area contributed by atoms with Crippen LogP contribution in [0.1, 0.15) is 29.1 Å². The Morgan fingerprint density at radius 3 is 2.90 bits per heavy atom. The Morgan fingerprint density at radius 1 is 1.29 bits per heavy atom. The van der Waals surface area contributed by atoms with Crippen molar-refractivity contribution in [3.8, 4) is 10.8 Å². The first-order valence-electron chi connectivity index (χ1n) is 10.1. The van der Waals surface area contributed by atoms with Crippen molar-refractivity contribution in [3.63, 3.8) is 0 Å². The van der Waals surface area contributed by atoms with Gasteiger partial charge in [0.25, 0.3) is 5.89 Å². The molecule has 0 amide bonds. The number of thiophene rings is 2. The molecule has 0 aliphatic carbocycles. The maximum atomic E-state index is 12.6. The third kappa shape index (κ3) is 3.92. The van der Waals surface area contributed by atoms with Crippen LogP contribution in [-0.2, 0) is 16.1 Å². The molecule has 1 saturated heterocycles. The van der Waals surface area contributed by atoms with Crippen LogP contribution in [0.15, 0.2) is 28.4 Å². The lowest BCUT2D eigenvalue weighted by atomic mass is 9.97. The molecule has 4 aromatic rings. The van der Waals surface area contributed by atoms with E-state index in [4.69, 9.17) is 9.26 Å². The van der Waals surface area contributed by atoms with Gasteiger partial charge in [0.2, 0.25) is 5.82 Å². The van der Waals surface area contributed by atoms with Crippen LogP contribution >= 0.6 is 22.7 Å². The molecule has 1 aliphatic heterocycles. The Labute approximate surface area is 186 Å². The smallest absolute Gasteiger partial charge is 0.309 e. The minimum Gasteiger partial charge on any atom is -0.457 e. The number of fused-ring (bicyclic) bond motifs is 1. The molecule has 8 nitrogen and oxygen atoms in total. The van der Waals surface area contributed by atoms with Crippen molar-refractivity contribution in [1.82, 2.24) is 20.1 Å². The number of esters is 1. The lowest BCUT2D eigenvalue weighted by molar-refractivity contribution is -0.150. The summed E-state index contributed by atoms with van der Waals surface area (Å²) in [6.07, 6.45) is 3.07. The fourth-order valence-corrected chi connectivity index (χ4v) is 5.43. The van der Waals surface area contributed by atoms with Gasteiger partial charge in [-0.15, -0.1) is 22.7 Å². The normalized spacial score (nSPS) is 15.0. The van der Waals surface area contributed by atoms with Gasteiger partial charge in [0.05, 0.1) is 16.2 Å². The van der Waals surface area contributed by atoms with Crippen LogP contribution in [0.3, 0.4) is 0 Å². The number of rotatable bonds is 5. The van der Waals surface area contributed by atoms with Gasteiger partial charge in [-0.1, -0.05) is 11.2 Å². The predicted octanol–water partition coefficient (Wildman–Crippen LogP) is 4.38. The van der Waals surface area contributed by atoms with Crippen molar-refractivity contribution >= 4 is 44.7 Å². The summed E-state index contributed by atoms with van der Waals surface area (Å²) in [6, 6.07) is 3.83. The van der Waals surface area contributed by atoms with E-state index < -0.39 is 0 Å². The molecule has 1 fully saturated rings. The average Bonchev–Trinajstić information content (AvgIpc) is 3.53. The van der Waals surface area contributed by atoms with Gasteiger partial charge in [-0.2, -0.15) is 4.98 Å². The molecule has 10 heteroatoms. The highest BCUT2D eigenvalue weighted by atomic mass is 32.1. The van der Waals surface area contributed by atoms with Gasteiger partial charge in [0.1, 0.15) is 17.0 Å². The third-order valence-corrected chi connectivity index (χ3v) is 7.59. The Morgan fingerprint density at radius 2 is 2.13 bits per heavy atom. The van der Waals surface area contributed by atoms with Gasteiger partial charge >= 0.3 is 5.97 Å². The number of anilines is 1. The summed E-state index contributed by atoms with van der Waals surface area (Å²) in [5.74, 6) is 1.44. The number of ether oxygens (including phenoxy) is 1. The first-order chi connectivity index (χ1) is 15.1. The Hall–Kier alpha value is -2.85. The Bertz CT molecular complexity index is 1210. The largest absolute Gasteiger partial charge is 0.457 e. The molecule has 0 N–H and O–H groups in total. The molecule has 0 bridgehead atoms. The number of nitrogens with zero attached hydrogens (tertiary/aromatic N) is 5. The number of hydrogen-bond acceptors (Lipinski definition) is 10. The summed E-state index contributed by atoms with van der Waals surface area (Å²) < 4.78 is 10.7. The zero-order valence-electron chi connectivity index (χ0n) is 17.2. The monoisotopic (exact) mass is 455 g/mol. The average molecular weight is 456 g/mol. The zero-order valence-corrected chi connectivity index (χ0v) is 18.8. The van der Waals surface area contributed by atoms with Crippen LogP contribution in [-0.4, -0.2) is 39.2 Å². The molecule has 0 saturated carbocycles. The molecule has 5 rings (SSSR count). The summed E-state index contributed by atoms with van der Waals surface area (Å²) >= 11 is 3.22. The lowest BCUT2D eigenvalue weighted by Crippen LogP contribution is -2.37. The van der Waals surface area contributed by atoms with Gasteiger partial charge in [0, 0.05) is 18.0 Å². The fraction of sp³-hybridized carbons (Fsp3) is 0.381. The van der Waals surface area contributed by atoms with Crippen LogP contribution in [0.25, 0.3) is 21.0 Å². The standard InChI is InChI=1S/C21H21N5O3S2/c1-12-13(2)31-20-17(12)18(22-11-23-20)26-7-5-14(6-8-26)21(27)28-10-16-24-19(29-25-16)15-4-3-9-30-15/h3-4,9,11,14H,5-8,10H2,1-2H3. The van der Waals surface area contributed by atoms with Gasteiger partial charge in [0.15, 0.2) is 6.61 Å². The van der Waals surface area contributed by atoms with Gasteiger partial charge in [-0.05, 0) is 43.7 Å². The Kier molecular flexibility index (Phi) is 5.41. The highest BCUT2D eigenvalue weighted by molar-refractivity contribution is 7.18. The molecule has 160 valence electrons. The molecule has 0 aromatic carbocycles. The van der Waals surface area contributed by atoms with Crippen molar-refractivity contribution < 1.29 is 14.1 Å². The molecule has 1 aliphatic rings. The number of aryl methyl sites for hydroxylation is 2. The number of carbonyl (C=O) groups excluding carboxylic acids is 1. The molecular formula is C21H21N5O3S2. The highest BCUT2D eigenvalue weighted by Crippen LogP contribution is 2.35. The summed E-state index contributed by atoms with van der Waals surface area (Å²) in [4.78, 5) is 31.3. The second-order valence-corrected chi connectivity index (χ2v) is 9.67. The molecule has 4 aromatic heterocycles. The van der Waals surface area contributed by atoms with Crippen LogP contribution in [0.2, 0.25) is 0 Å². The second-order valence-electron chi connectivity index (χ2n) is 7.52. The van der Waals surface area contributed by atoms with E-state index in [9.17, 15) is 4.79 Å². The zero-order chi connectivity index (χ0) is 21.4. The highest BCUT2D eigenvalue weighted by Gasteiger charge is 2.28. The molecule has 0 unspecified atom stereocenters. The third-order valence-electron chi connectivity index (χ3n) is 5.62.